The summed E-state index contributed by atoms with van der Waals surface area (Å²) in [6.07, 6.45) is 1.77. The molecule has 0 atom stereocenters. The van der Waals surface area contributed by atoms with Crippen LogP contribution < -0.4 is 0 Å². The Balaban J connectivity index is 2.83. The van der Waals surface area contributed by atoms with E-state index in [2.05, 4.69) is 9.84 Å². The monoisotopic (exact) mass is 196 g/mol. The number of rotatable bonds is 4. The maximum absolute atomic E-state index is 11.1. The van der Waals surface area contributed by atoms with Crippen molar-refractivity contribution < 1.29 is 9.53 Å². The van der Waals surface area contributed by atoms with Gasteiger partial charge in [0.2, 0.25) is 0 Å². The molecule has 0 amide bonds. The van der Waals surface area contributed by atoms with Crippen LogP contribution in [0.5, 0.6) is 0 Å². The summed E-state index contributed by atoms with van der Waals surface area (Å²) in [7, 11) is 1.39. The molecule has 1 rings (SSSR count). The Labute approximate surface area is 83.9 Å². The number of carbonyl (C=O) groups is 1. The number of carbonyl (C=O) groups excluding carboxylic acids is 1. The van der Waals surface area contributed by atoms with Crippen molar-refractivity contribution in [2.24, 2.45) is 0 Å². The van der Waals surface area contributed by atoms with Gasteiger partial charge in [-0.2, -0.15) is 5.10 Å². The van der Waals surface area contributed by atoms with Gasteiger partial charge in [-0.05, 0) is 18.9 Å². The molecule has 0 aliphatic rings. The molecule has 4 nitrogen and oxygen atoms in total. The number of hydrogen-bond donors (Lipinski definition) is 0. The van der Waals surface area contributed by atoms with Crippen LogP contribution in [0.3, 0.4) is 0 Å². The van der Waals surface area contributed by atoms with E-state index in [0.29, 0.717) is 0 Å². The number of ether oxygens (including phenoxy) is 1. The van der Waals surface area contributed by atoms with E-state index in [0.717, 1.165) is 24.2 Å². The summed E-state index contributed by atoms with van der Waals surface area (Å²) < 4.78 is 6.31. The first kappa shape index (κ1) is 10.8. The second-order valence-corrected chi connectivity index (χ2v) is 3.07. The van der Waals surface area contributed by atoms with Gasteiger partial charge in [-0.3, -0.25) is 9.48 Å². The third-order valence-electron chi connectivity index (χ3n) is 2.14. The van der Waals surface area contributed by atoms with Crippen LogP contribution in [0.1, 0.15) is 25.2 Å². The summed E-state index contributed by atoms with van der Waals surface area (Å²) in [6.45, 7) is 4.30. The summed E-state index contributed by atoms with van der Waals surface area (Å²) in [5.41, 5.74) is 2.10. The first-order valence-corrected chi connectivity index (χ1v) is 4.83. The molecule has 0 aliphatic heterocycles. The lowest BCUT2D eigenvalue weighted by atomic mass is 10.3. The summed E-state index contributed by atoms with van der Waals surface area (Å²) in [5, 5.41) is 4.30. The molecule has 0 aliphatic carbocycles. The molecule has 0 fully saturated rings. The van der Waals surface area contributed by atoms with Crippen LogP contribution in [0.4, 0.5) is 0 Å². The fraction of sp³-hybridized carbons (Fsp3) is 0.600. The smallest absolute Gasteiger partial charge is 0.327 e. The van der Waals surface area contributed by atoms with Gasteiger partial charge in [0.25, 0.3) is 0 Å². The lowest BCUT2D eigenvalue weighted by Gasteiger charge is -2.03. The Hall–Kier alpha value is -1.32. The molecule has 0 saturated heterocycles. The molecule has 0 bridgehead atoms. The number of aromatic nitrogens is 2. The van der Waals surface area contributed by atoms with Crippen LogP contribution in [0.15, 0.2) is 6.07 Å². The molecule has 0 radical (unpaired) electrons. The number of nitrogens with zero attached hydrogens (tertiary/aromatic N) is 2. The summed E-state index contributed by atoms with van der Waals surface area (Å²) in [5.74, 6) is -0.259. The van der Waals surface area contributed by atoms with Crippen molar-refractivity contribution in [3.63, 3.8) is 0 Å². The highest BCUT2D eigenvalue weighted by Gasteiger charge is 2.08. The van der Waals surface area contributed by atoms with Crippen LogP contribution >= 0.6 is 0 Å². The lowest BCUT2D eigenvalue weighted by Crippen LogP contribution is -2.14. The highest BCUT2D eigenvalue weighted by atomic mass is 16.5. The molecule has 0 aromatic carbocycles. The Bertz CT molecular complexity index is 318. The van der Waals surface area contributed by atoms with E-state index in [9.17, 15) is 4.79 Å². The van der Waals surface area contributed by atoms with Gasteiger partial charge < -0.3 is 4.74 Å². The largest absolute Gasteiger partial charge is 0.468 e. The topological polar surface area (TPSA) is 44.1 Å². The molecular formula is C10H16N2O2. The molecule has 0 spiro atoms. The van der Waals surface area contributed by atoms with Crippen LogP contribution in [0, 0.1) is 0 Å². The fourth-order valence-electron chi connectivity index (χ4n) is 1.30. The molecular weight excluding hydrogens is 180 g/mol. The minimum absolute atomic E-state index is 0.208. The molecule has 78 valence electrons. The number of hydrogen-bond acceptors (Lipinski definition) is 3. The number of esters is 1. The number of aryl methyl sites for hydroxylation is 2. The van der Waals surface area contributed by atoms with Crippen molar-refractivity contribution in [3.8, 4) is 0 Å². The van der Waals surface area contributed by atoms with Crippen molar-refractivity contribution in [1.82, 2.24) is 9.78 Å². The van der Waals surface area contributed by atoms with Crippen LogP contribution in [-0.4, -0.2) is 22.9 Å². The van der Waals surface area contributed by atoms with E-state index in [1.54, 1.807) is 4.68 Å². The molecule has 1 heterocycles. The van der Waals surface area contributed by atoms with E-state index in [1.165, 1.54) is 7.11 Å². The highest BCUT2D eigenvalue weighted by molar-refractivity contribution is 5.68. The van der Waals surface area contributed by atoms with Gasteiger partial charge in [0, 0.05) is 5.69 Å². The average molecular weight is 196 g/mol. The minimum atomic E-state index is -0.259. The molecule has 4 heteroatoms. The SMILES string of the molecule is CCc1cc(CC)n(CC(=O)OC)n1. The van der Waals surface area contributed by atoms with Crippen molar-refractivity contribution in [2.45, 2.75) is 33.2 Å². The van der Waals surface area contributed by atoms with E-state index in [-0.39, 0.29) is 12.5 Å². The molecule has 0 saturated carbocycles. The predicted octanol–water partition coefficient (Wildman–Crippen LogP) is 1.18. The second-order valence-electron chi connectivity index (χ2n) is 3.07. The molecule has 1 aromatic rings. The average Bonchev–Trinajstić information content (AvgIpc) is 2.60. The lowest BCUT2D eigenvalue weighted by molar-refractivity contribution is -0.141. The van der Waals surface area contributed by atoms with E-state index >= 15 is 0 Å². The second kappa shape index (κ2) is 4.79. The van der Waals surface area contributed by atoms with Gasteiger partial charge in [0.15, 0.2) is 0 Å². The Kier molecular flexibility index (Phi) is 3.68. The molecule has 0 unspecified atom stereocenters. The summed E-state index contributed by atoms with van der Waals surface area (Å²) in [6, 6.07) is 2.03. The van der Waals surface area contributed by atoms with Crippen LogP contribution in [0.25, 0.3) is 0 Å². The van der Waals surface area contributed by atoms with Crippen LogP contribution in [-0.2, 0) is 28.9 Å². The van der Waals surface area contributed by atoms with Crippen molar-refractivity contribution >= 4 is 5.97 Å². The standard InChI is InChI=1S/C10H16N2O2/c1-4-8-6-9(5-2)12(11-8)7-10(13)14-3/h6H,4-5,7H2,1-3H3. The zero-order chi connectivity index (χ0) is 10.6. The Morgan fingerprint density at radius 3 is 2.71 bits per heavy atom. The number of methoxy groups -OCH3 is 1. The van der Waals surface area contributed by atoms with E-state index < -0.39 is 0 Å². The first-order chi connectivity index (χ1) is 6.71. The molecule has 14 heavy (non-hydrogen) atoms. The van der Waals surface area contributed by atoms with Gasteiger partial charge in [-0.15, -0.1) is 0 Å². The molecule has 1 aromatic heterocycles. The maximum Gasteiger partial charge on any atom is 0.327 e. The highest BCUT2D eigenvalue weighted by Crippen LogP contribution is 2.06. The van der Waals surface area contributed by atoms with Crippen molar-refractivity contribution in [3.05, 3.63) is 17.5 Å². The minimum Gasteiger partial charge on any atom is -0.468 e. The summed E-state index contributed by atoms with van der Waals surface area (Å²) in [4.78, 5) is 11.1. The van der Waals surface area contributed by atoms with Crippen molar-refractivity contribution in [2.75, 3.05) is 7.11 Å². The predicted molar refractivity (Wildman–Crippen MR) is 53.0 cm³/mol. The Morgan fingerprint density at radius 1 is 1.50 bits per heavy atom. The third kappa shape index (κ3) is 2.34. The van der Waals surface area contributed by atoms with Gasteiger partial charge in [0.05, 0.1) is 12.8 Å². The van der Waals surface area contributed by atoms with Gasteiger partial charge in [-0.25, -0.2) is 0 Å². The maximum atomic E-state index is 11.1. The normalized spacial score (nSPS) is 10.2. The van der Waals surface area contributed by atoms with E-state index in [1.807, 2.05) is 19.9 Å². The zero-order valence-corrected chi connectivity index (χ0v) is 8.91. The zero-order valence-electron chi connectivity index (χ0n) is 8.91. The van der Waals surface area contributed by atoms with Gasteiger partial charge >= 0.3 is 5.97 Å². The van der Waals surface area contributed by atoms with Gasteiger partial charge in [0.1, 0.15) is 6.54 Å². The van der Waals surface area contributed by atoms with E-state index in [4.69, 9.17) is 0 Å². The van der Waals surface area contributed by atoms with Crippen molar-refractivity contribution in [1.29, 1.82) is 0 Å². The fourth-order valence-corrected chi connectivity index (χ4v) is 1.30. The molecule has 0 N–H and O–H groups in total. The first-order valence-electron chi connectivity index (χ1n) is 4.83. The Morgan fingerprint density at radius 2 is 2.21 bits per heavy atom. The third-order valence-corrected chi connectivity index (χ3v) is 2.14. The van der Waals surface area contributed by atoms with Gasteiger partial charge in [-0.1, -0.05) is 13.8 Å². The van der Waals surface area contributed by atoms with Crippen LogP contribution in [0.2, 0.25) is 0 Å². The summed E-state index contributed by atoms with van der Waals surface area (Å²) >= 11 is 0. The quantitative estimate of drug-likeness (QED) is 0.679.